The zero-order valence-corrected chi connectivity index (χ0v) is 14.5. The quantitative estimate of drug-likeness (QED) is 0.837. The van der Waals surface area contributed by atoms with E-state index in [9.17, 15) is 0 Å². The summed E-state index contributed by atoms with van der Waals surface area (Å²) in [6, 6.07) is 13.6. The summed E-state index contributed by atoms with van der Waals surface area (Å²) in [6.45, 7) is 1.67. The van der Waals surface area contributed by atoms with Gasteiger partial charge in [0.15, 0.2) is 6.29 Å². The van der Waals surface area contributed by atoms with E-state index in [2.05, 4.69) is 15.9 Å². The molecule has 3 rings (SSSR count). The SMILES string of the molecule is COc1ccc(COc2cccc(Br)c2C2OCCO2)cc1.N. The molecule has 5 nitrogen and oxygen atoms in total. The molecular formula is C17H20BrNO4. The van der Waals surface area contributed by atoms with E-state index in [1.54, 1.807) is 7.11 Å². The molecule has 1 aliphatic heterocycles. The zero-order chi connectivity index (χ0) is 15.4. The average molecular weight is 382 g/mol. The summed E-state index contributed by atoms with van der Waals surface area (Å²) in [5.41, 5.74) is 1.97. The number of hydrogen-bond donors (Lipinski definition) is 1. The first kappa shape index (κ1) is 17.7. The van der Waals surface area contributed by atoms with Crippen LogP contribution in [0.5, 0.6) is 11.5 Å². The molecule has 3 N–H and O–H groups in total. The Labute approximate surface area is 144 Å². The number of hydrogen-bond acceptors (Lipinski definition) is 5. The summed E-state index contributed by atoms with van der Waals surface area (Å²) in [6.07, 6.45) is -0.374. The second-order valence-corrected chi connectivity index (χ2v) is 5.72. The molecule has 124 valence electrons. The standard InChI is InChI=1S/C17H17BrO4.H3N/c1-19-13-7-5-12(6-8-13)11-22-15-4-2-3-14(18)16(15)17-20-9-10-21-17;/h2-8,17H,9-11H2,1H3;1H3. The Morgan fingerprint density at radius 1 is 1.09 bits per heavy atom. The van der Waals surface area contributed by atoms with Gasteiger partial charge in [-0.3, -0.25) is 0 Å². The lowest BCUT2D eigenvalue weighted by atomic mass is 10.2. The minimum absolute atomic E-state index is 0. The third-order valence-corrected chi connectivity index (χ3v) is 4.12. The minimum atomic E-state index is -0.374. The van der Waals surface area contributed by atoms with Crippen LogP contribution in [-0.2, 0) is 16.1 Å². The lowest BCUT2D eigenvalue weighted by Crippen LogP contribution is -2.05. The van der Waals surface area contributed by atoms with Crippen molar-refractivity contribution in [2.45, 2.75) is 12.9 Å². The first-order chi connectivity index (χ1) is 10.8. The molecule has 0 aromatic heterocycles. The monoisotopic (exact) mass is 381 g/mol. The summed E-state index contributed by atoms with van der Waals surface area (Å²) in [4.78, 5) is 0. The molecule has 2 aromatic carbocycles. The van der Waals surface area contributed by atoms with E-state index >= 15 is 0 Å². The maximum Gasteiger partial charge on any atom is 0.188 e. The summed E-state index contributed by atoms with van der Waals surface area (Å²) < 4.78 is 23.2. The number of rotatable bonds is 5. The average Bonchev–Trinajstić information content (AvgIpc) is 3.07. The van der Waals surface area contributed by atoms with Crippen molar-refractivity contribution in [3.63, 3.8) is 0 Å². The van der Waals surface area contributed by atoms with Crippen molar-refractivity contribution in [2.75, 3.05) is 20.3 Å². The minimum Gasteiger partial charge on any atom is -0.497 e. The van der Waals surface area contributed by atoms with Crippen molar-refractivity contribution in [2.24, 2.45) is 0 Å². The Hall–Kier alpha value is -1.60. The van der Waals surface area contributed by atoms with E-state index in [1.165, 1.54) is 0 Å². The van der Waals surface area contributed by atoms with Gasteiger partial charge in [0, 0.05) is 4.47 Å². The van der Waals surface area contributed by atoms with Gasteiger partial charge >= 0.3 is 0 Å². The van der Waals surface area contributed by atoms with E-state index in [-0.39, 0.29) is 12.4 Å². The molecule has 0 radical (unpaired) electrons. The first-order valence-electron chi connectivity index (χ1n) is 7.05. The summed E-state index contributed by atoms with van der Waals surface area (Å²) in [7, 11) is 1.65. The van der Waals surface area contributed by atoms with E-state index < -0.39 is 0 Å². The van der Waals surface area contributed by atoms with Gasteiger partial charge in [0.2, 0.25) is 0 Å². The van der Waals surface area contributed by atoms with Crippen molar-refractivity contribution in [3.8, 4) is 11.5 Å². The van der Waals surface area contributed by atoms with E-state index in [0.717, 1.165) is 27.1 Å². The van der Waals surface area contributed by atoms with Crippen LogP contribution in [0.2, 0.25) is 0 Å². The van der Waals surface area contributed by atoms with Crippen molar-refractivity contribution in [1.82, 2.24) is 6.15 Å². The van der Waals surface area contributed by atoms with Crippen LogP contribution >= 0.6 is 15.9 Å². The van der Waals surface area contributed by atoms with Crippen molar-refractivity contribution < 1.29 is 18.9 Å². The van der Waals surface area contributed by atoms with Crippen LogP contribution in [0.3, 0.4) is 0 Å². The molecule has 0 aliphatic carbocycles. The molecule has 6 heteroatoms. The van der Waals surface area contributed by atoms with Gasteiger partial charge in [0.05, 0.1) is 25.9 Å². The van der Waals surface area contributed by atoms with E-state index in [0.29, 0.717) is 19.8 Å². The largest absolute Gasteiger partial charge is 0.497 e. The van der Waals surface area contributed by atoms with Crippen LogP contribution in [-0.4, -0.2) is 20.3 Å². The summed E-state index contributed by atoms with van der Waals surface area (Å²) >= 11 is 3.55. The molecule has 23 heavy (non-hydrogen) atoms. The van der Waals surface area contributed by atoms with Gasteiger partial charge in [0.25, 0.3) is 0 Å². The van der Waals surface area contributed by atoms with Crippen molar-refractivity contribution in [3.05, 3.63) is 58.1 Å². The predicted molar refractivity (Wildman–Crippen MR) is 91.1 cm³/mol. The molecule has 0 amide bonds. The highest BCUT2D eigenvalue weighted by Crippen LogP contribution is 2.37. The normalized spacial score (nSPS) is 14.3. The fraction of sp³-hybridized carbons (Fsp3) is 0.294. The lowest BCUT2D eigenvalue weighted by molar-refractivity contribution is -0.0464. The molecule has 0 saturated carbocycles. The second kappa shape index (κ2) is 8.31. The highest BCUT2D eigenvalue weighted by Gasteiger charge is 2.24. The van der Waals surface area contributed by atoms with Gasteiger partial charge < -0.3 is 25.1 Å². The molecule has 0 spiro atoms. The van der Waals surface area contributed by atoms with Crippen LogP contribution in [0.1, 0.15) is 17.4 Å². The predicted octanol–water partition coefficient (Wildman–Crippen LogP) is 4.24. The number of halogens is 1. The smallest absolute Gasteiger partial charge is 0.188 e. The zero-order valence-electron chi connectivity index (χ0n) is 13.0. The molecule has 1 fully saturated rings. The van der Waals surface area contributed by atoms with Crippen molar-refractivity contribution >= 4 is 15.9 Å². The third kappa shape index (κ3) is 4.23. The van der Waals surface area contributed by atoms with E-state index in [4.69, 9.17) is 18.9 Å². The molecule has 1 heterocycles. The molecule has 0 atom stereocenters. The van der Waals surface area contributed by atoms with Gasteiger partial charge in [-0.2, -0.15) is 0 Å². The van der Waals surface area contributed by atoms with Crippen LogP contribution in [0, 0.1) is 0 Å². The second-order valence-electron chi connectivity index (χ2n) is 4.86. The van der Waals surface area contributed by atoms with Gasteiger partial charge in [-0.15, -0.1) is 0 Å². The Balaban J connectivity index is 0.00000192. The highest BCUT2D eigenvalue weighted by molar-refractivity contribution is 9.10. The molecule has 1 aliphatic rings. The maximum absolute atomic E-state index is 5.96. The molecule has 1 saturated heterocycles. The third-order valence-electron chi connectivity index (χ3n) is 3.42. The maximum atomic E-state index is 5.96. The van der Waals surface area contributed by atoms with Gasteiger partial charge in [-0.1, -0.05) is 34.1 Å². The van der Waals surface area contributed by atoms with Crippen LogP contribution in [0.25, 0.3) is 0 Å². The summed E-state index contributed by atoms with van der Waals surface area (Å²) in [5, 5.41) is 0. The Morgan fingerprint density at radius 3 is 2.43 bits per heavy atom. The van der Waals surface area contributed by atoms with Gasteiger partial charge in [-0.25, -0.2) is 0 Å². The molecule has 0 bridgehead atoms. The van der Waals surface area contributed by atoms with Crippen molar-refractivity contribution in [1.29, 1.82) is 0 Å². The number of methoxy groups -OCH3 is 1. The van der Waals surface area contributed by atoms with E-state index in [1.807, 2.05) is 42.5 Å². The lowest BCUT2D eigenvalue weighted by Gasteiger charge is -2.17. The Kier molecular flexibility index (Phi) is 6.41. The number of benzene rings is 2. The van der Waals surface area contributed by atoms with Gasteiger partial charge in [-0.05, 0) is 29.8 Å². The first-order valence-corrected chi connectivity index (χ1v) is 7.84. The number of ether oxygens (including phenoxy) is 4. The fourth-order valence-corrected chi connectivity index (χ4v) is 2.81. The fourth-order valence-electron chi connectivity index (χ4n) is 2.28. The summed E-state index contributed by atoms with van der Waals surface area (Å²) in [5.74, 6) is 1.59. The Morgan fingerprint density at radius 2 is 1.78 bits per heavy atom. The van der Waals surface area contributed by atoms with Gasteiger partial charge in [0.1, 0.15) is 18.1 Å². The highest BCUT2D eigenvalue weighted by atomic mass is 79.9. The Bertz CT molecular complexity index is 627. The molecule has 0 unspecified atom stereocenters. The van der Waals surface area contributed by atoms with Crippen LogP contribution in [0.15, 0.2) is 46.9 Å². The molecule has 2 aromatic rings. The molecular weight excluding hydrogens is 362 g/mol. The van der Waals surface area contributed by atoms with Crippen LogP contribution in [0.4, 0.5) is 0 Å². The topological polar surface area (TPSA) is 71.9 Å². The van der Waals surface area contributed by atoms with Crippen LogP contribution < -0.4 is 15.6 Å².